The number of carbonyl (C=O) groups is 7. The van der Waals surface area contributed by atoms with Crippen molar-refractivity contribution in [3.63, 3.8) is 0 Å². The molecule has 0 atom stereocenters. The largest absolute Gasteiger partial charge is 0.465 e. The second-order valence-electron chi connectivity index (χ2n) is 13.6. The quantitative estimate of drug-likeness (QED) is 0.0365. The summed E-state index contributed by atoms with van der Waals surface area (Å²) in [5.74, 6) is -4.32. The normalized spacial score (nSPS) is 20.5. The highest BCUT2D eigenvalue weighted by molar-refractivity contribution is 8.24. The summed E-state index contributed by atoms with van der Waals surface area (Å²) in [6.45, 7) is 8.45. The van der Waals surface area contributed by atoms with Gasteiger partial charge in [-0.2, -0.15) is 5.26 Å². The third kappa shape index (κ3) is 13.8. The lowest BCUT2D eigenvalue weighted by Gasteiger charge is -2.30. The molecule has 2 aliphatic carbocycles. The number of thioether (sulfide) groups is 2. The van der Waals surface area contributed by atoms with Crippen LogP contribution in [0.25, 0.3) is 0 Å². The molecule has 3 aliphatic rings. The molecule has 15 nitrogen and oxygen atoms in total. The highest BCUT2D eigenvalue weighted by Crippen LogP contribution is 2.59. The van der Waals surface area contributed by atoms with Gasteiger partial charge in [-0.15, -0.1) is 0 Å². The molecule has 1 heterocycles. The molecule has 312 valence electrons. The minimum absolute atomic E-state index is 0.0185. The molecule has 0 bridgehead atoms. The Hall–Kier alpha value is -5.08. The Morgan fingerprint density at radius 2 is 1.10 bits per heavy atom. The van der Waals surface area contributed by atoms with E-state index in [4.69, 9.17) is 33.2 Å². The topological polar surface area (TPSA) is 208 Å². The van der Waals surface area contributed by atoms with E-state index in [0.717, 1.165) is 35.7 Å². The van der Waals surface area contributed by atoms with Crippen molar-refractivity contribution in [2.24, 2.45) is 17.8 Å². The molecule has 1 aromatic rings. The number of unbranched alkanes of at least 4 members (excludes halogenated alkanes) is 2. The standard InChI is InChI=1S/C41H47NO14S2/c1-4-33(44)50-20-6-8-22-52-37(46)26-10-12-27(13-11-26)38(47)55-29-16-14-28(15-17-29)39(48)56-32-19-18-31(54-25(3)43)35-36(32)58-41(57-35)30(24-42)40(49)53-23-9-7-21-51-34(45)5-2/h4-5,18-19,26-29H,1-2,6-17,20-23H2,3H3/b41-30-. The molecule has 58 heavy (non-hydrogen) atoms. The number of esters is 7. The average Bonchev–Trinajstić information content (AvgIpc) is 3.67. The van der Waals surface area contributed by atoms with E-state index in [2.05, 4.69) is 13.2 Å². The second kappa shape index (κ2) is 23.4. The van der Waals surface area contributed by atoms with Crippen molar-refractivity contribution in [2.75, 3.05) is 26.4 Å². The first-order valence-electron chi connectivity index (χ1n) is 19.1. The van der Waals surface area contributed by atoms with Gasteiger partial charge in [0.25, 0.3) is 0 Å². The van der Waals surface area contributed by atoms with E-state index in [1.54, 1.807) is 0 Å². The molecule has 1 aliphatic heterocycles. The number of fused-ring (bicyclic) bond motifs is 1. The number of rotatable bonds is 19. The Kier molecular flexibility index (Phi) is 18.4. The first-order valence-corrected chi connectivity index (χ1v) is 20.8. The summed E-state index contributed by atoms with van der Waals surface area (Å²) in [5, 5.41) is 9.87. The van der Waals surface area contributed by atoms with E-state index in [0.29, 0.717) is 86.8 Å². The fraction of sp³-hybridized carbons (Fsp3) is 0.512. The number of benzene rings is 1. The van der Waals surface area contributed by atoms with Crippen LogP contribution in [0.5, 0.6) is 11.5 Å². The van der Waals surface area contributed by atoms with Crippen LogP contribution < -0.4 is 9.47 Å². The minimum Gasteiger partial charge on any atom is -0.465 e. The van der Waals surface area contributed by atoms with Gasteiger partial charge in [0.15, 0.2) is 5.57 Å². The number of nitrogens with zero attached hydrogens (tertiary/aromatic N) is 1. The van der Waals surface area contributed by atoms with Gasteiger partial charge in [-0.3, -0.25) is 19.2 Å². The van der Waals surface area contributed by atoms with Crippen molar-refractivity contribution in [1.29, 1.82) is 5.26 Å². The fourth-order valence-corrected chi connectivity index (χ4v) is 8.91. The Labute approximate surface area is 345 Å². The van der Waals surface area contributed by atoms with E-state index in [-0.39, 0.29) is 77.6 Å². The molecule has 0 saturated heterocycles. The van der Waals surface area contributed by atoms with Crippen LogP contribution in [-0.4, -0.2) is 74.3 Å². The lowest BCUT2D eigenvalue weighted by molar-refractivity contribution is -0.160. The maximum atomic E-state index is 13.4. The van der Waals surface area contributed by atoms with E-state index in [1.807, 2.05) is 6.07 Å². The van der Waals surface area contributed by atoms with Crippen molar-refractivity contribution in [2.45, 2.75) is 99.9 Å². The van der Waals surface area contributed by atoms with Crippen molar-refractivity contribution in [3.8, 4) is 17.6 Å². The van der Waals surface area contributed by atoms with Crippen molar-refractivity contribution in [1.82, 2.24) is 0 Å². The van der Waals surface area contributed by atoms with Gasteiger partial charge >= 0.3 is 41.8 Å². The molecule has 2 fully saturated rings. The third-order valence-electron chi connectivity index (χ3n) is 9.47. The van der Waals surface area contributed by atoms with Gasteiger partial charge in [-0.25, -0.2) is 14.4 Å². The zero-order chi connectivity index (χ0) is 42.0. The second-order valence-corrected chi connectivity index (χ2v) is 15.9. The molecule has 0 amide bonds. The fourth-order valence-electron chi connectivity index (χ4n) is 6.35. The van der Waals surface area contributed by atoms with Gasteiger partial charge in [0.2, 0.25) is 0 Å². The molecule has 0 spiro atoms. The molecule has 1 aromatic carbocycles. The predicted molar refractivity (Wildman–Crippen MR) is 208 cm³/mol. The number of hydrogen-bond acceptors (Lipinski definition) is 17. The van der Waals surface area contributed by atoms with Crippen molar-refractivity contribution in [3.05, 3.63) is 47.3 Å². The average molecular weight is 842 g/mol. The molecule has 0 N–H and O–H groups in total. The summed E-state index contributed by atoms with van der Waals surface area (Å²) in [5.41, 5.74) is -0.271. The lowest BCUT2D eigenvalue weighted by atomic mass is 9.82. The smallest absolute Gasteiger partial charge is 0.350 e. The maximum absolute atomic E-state index is 13.4. The van der Waals surface area contributed by atoms with Crippen LogP contribution in [0, 0.1) is 29.1 Å². The predicted octanol–water partition coefficient (Wildman–Crippen LogP) is 6.46. The number of carbonyl (C=O) groups excluding carboxylic acids is 7. The summed E-state index contributed by atoms with van der Waals surface area (Å²) in [6.07, 6.45) is 7.58. The van der Waals surface area contributed by atoms with Gasteiger partial charge in [0, 0.05) is 19.1 Å². The maximum Gasteiger partial charge on any atom is 0.350 e. The highest BCUT2D eigenvalue weighted by Gasteiger charge is 2.36. The van der Waals surface area contributed by atoms with Crippen molar-refractivity contribution < 1.29 is 66.7 Å². The third-order valence-corrected chi connectivity index (χ3v) is 12.1. The molecule has 0 radical (unpaired) electrons. The Bertz CT molecular complexity index is 1800. The van der Waals surface area contributed by atoms with E-state index in [9.17, 15) is 38.8 Å². The van der Waals surface area contributed by atoms with Crippen LogP contribution in [0.3, 0.4) is 0 Å². The molecular weight excluding hydrogens is 795 g/mol. The van der Waals surface area contributed by atoms with Gasteiger partial charge in [-0.05, 0) is 89.2 Å². The van der Waals surface area contributed by atoms with E-state index in [1.165, 1.54) is 19.1 Å². The summed E-state index contributed by atoms with van der Waals surface area (Å²) in [6, 6.07) is 4.85. The van der Waals surface area contributed by atoms with Crippen LogP contribution in [0.15, 0.2) is 57.0 Å². The van der Waals surface area contributed by atoms with E-state index >= 15 is 0 Å². The van der Waals surface area contributed by atoms with Gasteiger partial charge in [0.1, 0.15) is 23.7 Å². The number of nitriles is 1. The SMILES string of the molecule is C=CC(=O)OCCCCOC(=O)/C(C#N)=C1/Sc2c(OC(C)=O)ccc(OC(=O)C3CCC(OC(=O)C4CCC(C(=O)OCCCCOC(=O)C=C)CC4)CC3)c2S1. The minimum atomic E-state index is -0.860. The molecule has 4 rings (SSSR count). The summed E-state index contributed by atoms with van der Waals surface area (Å²) >= 11 is 2.04. The first-order chi connectivity index (χ1) is 27.9. The monoisotopic (exact) mass is 841 g/mol. The van der Waals surface area contributed by atoms with Crippen LogP contribution >= 0.6 is 23.5 Å². The summed E-state index contributed by atoms with van der Waals surface area (Å²) < 4.78 is 37.8. The number of ether oxygens (including phenoxy) is 7. The molecule has 17 heteroatoms. The molecule has 2 saturated carbocycles. The van der Waals surface area contributed by atoms with Crippen LogP contribution in [0.2, 0.25) is 0 Å². The first kappa shape index (κ1) is 45.6. The van der Waals surface area contributed by atoms with E-state index < -0.39 is 35.8 Å². The van der Waals surface area contributed by atoms with Gasteiger partial charge in [0.05, 0.1) is 58.2 Å². The highest BCUT2D eigenvalue weighted by atomic mass is 32.2. The van der Waals surface area contributed by atoms with Crippen LogP contribution in [0.4, 0.5) is 0 Å². The molecule has 0 unspecified atom stereocenters. The zero-order valence-electron chi connectivity index (χ0n) is 32.3. The van der Waals surface area contributed by atoms with Gasteiger partial charge < -0.3 is 33.2 Å². The van der Waals surface area contributed by atoms with Crippen LogP contribution in [-0.2, 0) is 57.2 Å². The molecular formula is C41H47NO14S2. The van der Waals surface area contributed by atoms with Crippen LogP contribution in [0.1, 0.15) is 84.0 Å². The Balaban J connectivity index is 1.24. The Morgan fingerprint density at radius 3 is 1.60 bits per heavy atom. The van der Waals surface area contributed by atoms with Crippen molar-refractivity contribution >= 4 is 65.3 Å². The molecule has 0 aromatic heterocycles. The summed E-state index contributed by atoms with van der Waals surface area (Å²) in [7, 11) is 0. The van der Waals surface area contributed by atoms with Gasteiger partial charge in [-0.1, -0.05) is 36.7 Å². The Morgan fingerprint density at radius 1 is 0.655 bits per heavy atom. The lowest BCUT2D eigenvalue weighted by Crippen LogP contribution is -2.33. The zero-order valence-corrected chi connectivity index (χ0v) is 34.0. The summed E-state index contributed by atoms with van der Waals surface area (Å²) in [4.78, 5) is 86.7. The number of hydrogen-bond donors (Lipinski definition) is 0.